The van der Waals surface area contributed by atoms with Gasteiger partial charge in [-0.2, -0.15) is 0 Å². The number of hydrogen-bond donors (Lipinski definition) is 1. The van der Waals surface area contributed by atoms with Crippen LogP contribution in [-0.4, -0.2) is 23.3 Å². The Balaban J connectivity index is 2.24. The lowest BCUT2D eigenvalue weighted by atomic mass is 10.2. The van der Waals surface area contributed by atoms with Crippen molar-refractivity contribution in [2.24, 2.45) is 0 Å². The predicted molar refractivity (Wildman–Crippen MR) is 81.0 cm³/mol. The highest BCUT2D eigenvalue weighted by Gasteiger charge is 2.07. The second kappa shape index (κ2) is 6.21. The SMILES string of the molecule is COCCn1cc(C)nc1Nc1cc(Br)ccc1C. The molecule has 0 radical (unpaired) electrons. The van der Waals surface area contributed by atoms with Crippen LogP contribution in [0.4, 0.5) is 11.6 Å². The molecule has 2 aromatic rings. The van der Waals surface area contributed by atoms with Crippen molar-refractivity contribution < 1.29 is 4.74 Å². The van der Waals surface area contributed by atoms with E-state index in [1.54, 1.807) is 7.11 Å². The number of imidazole rings is 1. The smallest absolute Gasteiger partial charge is 0.207 e. The summed E-state index contributed by atoms with van der Waals surface area (Å²) in [5.41, 5.74) is 3.23. The largest absolute Gasteiger partial charge is 0.383 e. The second-order valence-corrected chi connectivity index (χ2v) is 5.39. The van der Waals surface area contributed by atoms with Crippen LogP contribution in [0.5, 0.6) is 0 Å². The van der Waals surface area contributed by atoms with Crippen LogP contribution in [0.25, 0.3) is 0 Å². The number of rotatable bonds is 5. The van der Waals surface area contributed by atoms with Crippen molar-refractivity contribution in [1.82, 2.24) is 9.55 Å². The van der Waals surface area contributed by atoms with Crippen molar-refractivity contribution in [2.45, 2.75) is 20.4 Å². The number of methoxy groups -OCH3 is 1. The van der Waals surface area contributed by atoms with Crippen LogP contribution in [0.1, 0.15) is 11.3 Å². The fraction of sp³-hybridized carbons (Fsp3) is 0.357. The number of aromatic nitrogens is 2. The number of halogens is 1. The van der Waals surface area contributed by atoms with Gasteiger partial charge in [0.25, 0.3) is 0 Å². The predicted octanol–water partition coefficient (Wildman–Crippen LogP) is 3.65. The Morgan fingerprint density at radius 2 is 2.16 bits per heavy atom. The van der Waals surface area contributed by atoms with Crippen LogP contribution in [0.15, 0.2) is 28.9 Å². The summed E-state index contributed by atoms with van der Waals surface area (Å²) in [4.78, 5) is 4.51. The Hall–Kier alpha value is -1.33. The first kappa shape index (κ1) is 14.1. The van der Waals surface area contributed by atoms with Crippen molar-refractivity contribution in [3.8, 4) is 0 Å². The minimum absolute atomic E-state index is 0.669. The lowest BCUT2D eigenvalue weighted by molar-refractivity contribution is 0.188. The van der Waals surface area contributed by atoms with Gasteiger partial charge in [0.15, 0.2) is 0 Å². The van der Waals surface area contributed by atoms with Crippen molar-refractivity contribution in [3.05, 3.63) is 40.1 Å². The van der Waals surface area contributed by atoms with Crippen molar-refractivity contribution in [1.29, 1.82) is 0 Å². The molecule has 1 N–H and O–H groups in total. The van der Waals surface area contributed by atoms with E-state index in [1.165, 1.54) is 5.56 Å². The molecule has 19 heavy (non-hydrogen) atoms. The summed E-state index contributed by atoms with van der Waals surface area (Å²) in [5, 5.41) is 3.38. The Kier molecular flexibility index (Phi) is 4.61. The van der Waals surface area contributed by atoms with E-state index in [9.17, 15) is 0 Å². The summed E-state index contributed by atoms with van der Waals surface area (Å²) in [6.45, 7) is 5.51. The molecule has 0 bridgehead atoms. The molecule has 4 nitrogen and oxygen atoms in total. The first-order chi connectivity index (χ1) is 9.10. The van der Waals surface area contributed by atoms with Crippen molar-refractivity contribution in [3.63, 3.8) is 0 Å². The fourth-order valence-electron chi connectivity index (χ4n) is 1.86. The van der Waals surface area contributed by atoms with E-state index in [2.05, 4.69) is 49.9 Å². The molecule has 0 aliphatic heterocycles. The average Bonchev–Trinajstić information content (AvgIpc) is 2.71. The third-order valence-corrected chi connectivity index (χ3v) is 3.37. The zero-order valence-electron chi connectivity index (χ0n) is 11.4. The molecule has 0 fully saturated rings. The second-order valence-electron chi connectivity index (χ2n) is 4.48. The van der Waals surface area contributed by atoms with E-state index >= 15 is 0 Å². The molecule has 0 amide bonds. The molecule has 0 atom stereocenters. The monoisotopic (exact) mass is 323 g/mol. The molecule has 0 unspecified atom stereocenters. The highest BCUT2D eigenvalue weighted by Crippen LogP contribution is 2.24. The van der Waals surface area contributed by atoms with Gasteiger partial charge in [0, 0.05) is 30.0 Å². The number of nitrogens with one attached hydrogen (secondary N) is 1. The highest BCUT2D eigenvalue weighted by atomic mass is 79.9. The molecule has 1 aromatic carbocycles. The Morgan fingerprint density at radius 3 is 2.89 bits per heavy atom. The molecule has 102 valence electrons. The average molecular weight is 324 g/mol. The number of aryl methyl sites for hydroxylation is 2. The molecule has 0 spiro atoms. The maximum Gasteiger partial charge on any atom is 0.207 e. The van der Waals surface area contributed by atoms with Gasteiger partial charge in [-0.05, 0) is 31.5 Å². The number of anilines is 2. The van der Waals surface area contributed by atoms with Crippen LogP contribution in [0.2, 0.25) is 0 Å². The maximum atomic E-state index is 5.12. The molecule has 0 aliphatic rings. The zero-order chi connectivity index (χ0) is 13.8. The van der Waals surface area contributed by atoms with E-state index in [1.807, 2.05) is 19.2 Å². The highest BCUT2D eigenvalue weighted by molar-refractivity contribution is 9.10. The molecular weight excluding hydrogens is 306 g/mol. The van der Waals surface area contributed by atoms with E-state index in [0.717, 1.165) is 28.3 Å². The molecule has 1 heterocycles. The third kappa shape index (κ3) is 3.58. The number of ether oxygens (including phenoxy) is 1. The standard InChI is InChI=1S/C14H18BrN3O/c1-10-4-5-12(15)8-13(10)17-14-16-11(2)9-18(14)6-7-19-3/h4-5,8-9H,6-7H2,1-3H3,(H,16,17). The molecule has 5 heteroatoms. The third-order valence-electron chi connectivity index (χ3n) is 2.88. The van der Waals surface area contributed by atoms with Crippen LogP contribution in [-0.2, 0) is 11.3 Å². The molecule has 1 aromatic heterocycles. The fourth-order valence-corrected chi connectivity index (χ4v) is 2.22. The Bertz CT molecular complexity index is 566. The van der Waals surface area contributed by atoms with Crippen LogP contribution in [0.3, 0.4) is 0 Å². The minimum Gasteiger partial charge on any atom is -0.383 e. The summed E-state index contributed by atoms with van der Waals surface area (Å²) in [6, 6.07) is 6.16. The van der Waals surface area contributed by atoms with Gasteiger partial charge in [0.05, 0.1) is 12.3 Å². The van der Waals surface area contributed by atoms with Crippen LogP contribution < -0.4 is 5.32 Å². The topological polar surface area (TPSA) is 39.1 Å². The number of nitrogens with zero attached hydrogens (tertiary/aromatic N) is 2. The van der Waals surface area contributed by atoms with Gasteiger partial charge >= 0.3 is 0 Å². The van der Waals surface area contributed by atoms with Gasteiger partial charge in [-0.1, -0.05) is 22.0 Å². The Labute approximate surface area is 121 Å². The van der Waals surface area contributed by atoms with Crippen LogP contribution >= 0.6 is 15.9 Å². The molecule has 0 saturated heterocycles. The van der Waals surface area contributed by atoms with Gasteiger partial charge in [-0.25, -0.2) is 4.98 Å². The summed E-state index contributed by atoms with van der Waals surface area (Å²) in [5.74, 6) is 0.843. The molecule has 0 saturated carbocycles. The van der Waals surface area contributed by atoms with E-state index in [4.69, 9.17) is 4.74 Å². The molecular formula is C14H18BrN3O. The summed E-state index contributed by atoms with van der Waals surface area (Å²) >= 11 is 3.49. The first-order valence-corrected chi connectivity index (χ1v) is 6.95. The number of benzene rings is 1. The maximum absolute atomic E-state index is 5.12. The lowest BCUT2D eigenvalue weighted by Gasteiger charge is -2.11. The molecule has 2 rings (SSSR count). The van der Waals surface area contributed by atoms with Gasteiger partial charge < -0.3 is 14.6 Å². The van der Waals surface area contributed by atoms with Crippen molar-refractivity contribution >= 4 is 27.6 Å². The van der Waals surface area contributed by atoms with E-state index < -0.39 is 0 Å². The molecule has 0 aliphatic carbocycles. The Morgan fingerprint density at radius 1 is 1.37 bits per heavy atom. The summed E-state index contributed by atoms with van der Waals surface area (Å²) in [6.07, 6.45) is 2.02. The normalized spacial score (nSPS) is 10.7. The van der Waals surface area contributed by atoms with Crippen molar-refractivity contribution in [2.75, 3.05) is 19.0 Å². The van der Waals surface area contributed by atoms with Gasteiger partial charge in [-0.3, -0.25) is 0 Å². The van der Waals surface area contributed by atoms with Gasteiger partial charge in [-0.15, -0.1) is 0 Å². The summed E-state index contributed by atoms with van der Waals surface area (Å²) in [7, 11) is 1.70. The first-order valence-electron chi connectivity index (χ1n) is 6.16. The minimum atomic E-state index is 0.669. The van der Waals surface area contributed by atoms with Gasteiger partial charge in [0.1, 0.15) is 0 Å². The van der Waals surface area contributed by atoms with Crippen LogP contribution in [0, 0.1) is 13.8 Å². The van der Waals surface area contributed by atoms with E-state index in [-0.39, 0.29) is 0 Å². The summed E-state index contributed by atoms with van der Waals surface area (Å²) < 4.78 is 8.24. The van der Waals surface area contributed by atoms with E-state index in [0.29, 0.717) is 6.61 Å². The number of hydrogen-bond acceptors (Lipinski definition) is 3. The zero-order valence-corrected chi connectivity index (χ0v) is 13.0. The lowest BCUT2D eigenvalue weighted by Crippen LogP contribution is -2.07. The quantitative estimate of drug-likeness (QED) is 0.912. The van der Waals surface area contributed by atoms with Gasteiger partial charge in [0.2, 0.25) is 5.95 Å².